The molecule has 1 aromatic rings. The van der Waals surface area contributed by atoms with Crippen molar-refractivity contribution in [1.82, 2.24) is 14.8 Å². The van der Waals surface area contributed by atoms with Crippen LogP contribution in [0.2, 0.25) is 0 Å². The van der Waals surface area contributed by atoms with Gasteiger partial charge in [-0.05, 0) is 0 Å². The number of rotatable bonds is 2. The van der Waals surface area contributed by atoms with E-state index in [0.717, 1.165) is 0 Å². The highest BCUT2D eigenvalue weighted by Crippen LogP contribution is 2.04. The summed E-state index contributed by atoms with van der Waals surface area (Å²) >= 11 is 0. The number of anilines is 1. The molecule has 12 heavy (non-hydrogen) atoms. The van der Waals surface area contributed by atoms with E-state index < -0.39 is 5.97 Å². The second kappa shape index (κ2) is 2.80. The van der Waals surface area contributed by atoms with Crippen molar-refractivity contribution in [2.24, 2.45) is 7.05 Å². The minimum absolute atomic E-state index is 0.0568. The Balaban J connectivity index is 3.09. The van der Waals surface area contributed by atoms with Crippen LogP contribution < -0.4 is 4.90 Å². The van der Waals surface area contributed by atoms with E-state index in [0.29, 0.717) is 5.95 Å². The lowest BCUT2D eigenvalue weighted by Crippen LogP contribution is -2.10. The van der Waals surface area contributed by atoms with Crippen LogP contribution in [0.5, 0.6) is 0 Å². The Morgan fingerprint density at radius 1 is 1.58 bits per heavy atom. The molecule has 0 amide bonds. The predicted octanol–water partition coefficient (Wildman–Crippen LogP) is -0.421. The van der Waals surface area contributed by atoms with E-state index in [4.69, 9.17) is 5.11 Å². The summed E-state index contributed by atoms with van der Waals surface area (Å²) in [6.45, 7) is 0. The van der Waals surface area contributed by atoms with E-state index in [1.807, 2.05) is 0 Å². The summed E-state index contributed by atoms with van der Waals surface area (Å²) in [4.78, 5) is 15.9. The molecule has 1 rings (SSSR count). The minimum atomic E-state index is -1.07. The summed E-state index contributed by atoms with van der Waals surface area (Å²) in [7, 11) is 5.05. The normalized spacial score (nSPS) is 9.92. The summed E-state index contributed by atoms with van der Waals surface area (Å²) in [5.41, 5.74) is 0. The zero-order valence-electron chi connectivity index (χ0n) is 7.14. The van der Waals surface area contributed by atoms with Crippen LogP contribution in [0.15, 0.2) is 0 Å². The first-order chi connectivity index (χ1) is 5.52. The quantitative estimate of drug-likeness (QED) is 0.652. The van der Waals surface area contributed by atoms with E-state index in [9.17, 15) is 4.79 Å². The van der Waals surface area contributed by atoms with Crippen LogP contribution in [-0.2, 0) is 7.05 Å². The Morgan fingerprint density at radius 2 is 2.17 bits per heavy atom. The lowest BCUT2D eigenvalue weighted by Gasteiger charge is -2.03. The largest absolute Gasteiger partial charge is 0.475 e. The molecule has 1 N–H and O–H groups in total. The summed E-state index contributed by atoms with van der Waals surface area (Å²) in [5, 5.41) is 12.5. The number of carboxylic acids is 1. The fourth-order valence-corrected chi connectivity index (χ4v) is 0.747. The van der Waals surface area contributed by atoms with Crippen LogP contribution in [0.4, 0.5) is 5.95 Å². The van der Waals surface area contributed by atoms with Crippen LogP contribution in [0.1, 0.15) is 10.6 Å². The molecule has 0 radical (unpaired) electrons. The molecule has 6 nitrogen and oxygen atoms in total. The number of aryl methyl sites for hydroxylation is 1. The van der Waals surface area contributed by atoms with Crippen molar-refractivity contribution >= 4 is 11.9 Å². The number of hydrogen-bond donors (Lipinski definition) is 1. The van der Waals surface area contributed by atoms with Gasteiger partial charge in [-0.15, -0.1) is 5.10 Å². The lowest BCUT2D eigenvalue weighted by molar-refractivity contribution is 0.0678. The van der Waals surface area contributed by atoms with Crippen molar-refractivity contribution in [3.05, 3.63) is 5.82 Å². The number of hydrogen-bond acceptors (Lipinski definition) is 4. The zero-order chi connectivity index (χ0) is 9.30. The third-order valence-corrected chi connectivity index (χ3v) is 1.34. The molecule has 6 heteroatoms. The van der Waals surface area contributed by atoms with E-state index in [1.165, 1.54) is 4.68 Å². The maximum atomic E-state index is 10.5. The highest BCUT2D eigenvalue weighted by Gasteiger charge is 2.14. The molecule has 0 bridgehead atoms. The molecule has 0 aliphatic carbocycles. The Bertz CT molecular complexity index is 304. The SMILES string of the molecule is CN(C)c1nc(C(=O)O)n(C)n1. The molecule has 0 aromatic carbocycles. The average Bonchev–Trinajstić information content (AvgIpc) is 2.30. The van der Waals surface area contributed by atoms with Gasteiger partial charge in [-0.25, -0.2) is 9.48 Å². The molecule has 0 fully saturated rings. The van der Waals surface area contributed by atoms with Gasteiger partial charge in [0, 0.05) is 21.1 Å². The van der Waals surface area contributed by atoms with E-state index in [2.05, 4.69) is 10.1 Å². The molecule has 0 aliphatic heterocycles. The van der Waals surface area contributed by atoms with Gasteiger partial charge in [-0.3, -0.25) is 0 Å². The third kappa shape index (κ3) is 1.36. The Hall–Kier alpha value is -1.59. The van der Waals surface area contributed by atoms with E-state index in [-0.39, 0.29) is 5.82 Å². The lowest BCUT2D eigenvalue weighted by atomic mass is 10.6. The molecule has 0 aliphatic rings. The first-order valence-corrected chi connectivity index (χ1v) is 3.34. The fraction of sp³-hybridized carbons (Fsp3) is 0.500. The number of nitrogens with zero attached hydrogens (tertiary/aromatic N) is 4. The number of carbonyl (C=O) groups is 1. The first-order valence-electron chi connectivity index (χ1n) is 3.34. The second-order valence-electron chi connectivity index (χ2n) is 2.56. The third-order valence-electron chi connectivity index (χ3n) is 1.34. The Kier molecular flexibility index (Phi) is 1.99. The summed E-state index contributed by atoms with van der Waals surface area (Å²) in [5.74, 6) is -0.730. The van der Waals surface area contributed by atoms with Crippen molar-refractivity contribution < 1.29 is 9.90 Å². The van der Waals surface area contributed by atoms with Crippen LogP contribution >= 0.6 is 0 Å². The summed E-state index contributed by atoms with van der Waals surface area (Å²) in [6.07, 6.45) is 0. The van der Waals surface area contributed by atoms with Gasteiger partial charge < -0.3 is 10.0 Å². The predicted molar refractivity (Wildman–Crippen MR) is 42.3 cm³/mol. The van der Waals surface area contributed by atoms with Crippen LogP contribution in [0.25, 0.3) is 0 Å². The smallest absolute Gasteiger partial charge is 0.373 e. The number of aromatic carboxylic acids is 1. The van der Waals surface area contributed by atoms with Crippen molar-refractivity contribution in [3.63, 3.8) is 0 Å². The van der Waals surface area contributed by atoms with Crippen molar-refractivity contribution in [2.75, 3.05) is 19.0 Å². The van der Waals surface area contributed by atoms with Gasteiger partial charge in [0.15, 0.2) is 0 Å². The summed E-state index contributed by atoms with van der Waals surface area (Å²) < 4.78 is 1.23. The molecule has 0 saturated carbocycles. The monoisotopic (exact) mass is 170 g/mol. The molecular formula is C6H10N4O2. The standard InChI is InChI=1S/C6H10N4O2/c1-9(2)6-7-4(5(11)12)10(3)8-6/h1-3H3,(H,11,12). The number of aromatic nitrogens is 3. The molecule has 1 heterocycles. The van der Waals surface area contributed by atoms with Gasteiger partial charge >= 0.3 is 5.97 Å². The van der Waals surface area contributed by atoms with E-state index in [1.54, 1.807) is 26.0 Å². The topological polar surface area (TPSA) is 71.2 Å². The summed E-state index contributed by atoms with van der Waals surface area (Å²) in [6, 6.07) is 0. The maximum absolute atomic E-state index is 10.5. The van der Waals surface area contributed by atoms with Crippen molar-refractivity contribution in [2.45, 2.75) is 0 Å². The molecule has 0 saturated heterocycles. The molecular weight excluding hydrogens is 160 g/mol. The van der Waals surface area contributed by atoms with Gasteiger partial charge in [0.25, 0.3) is 0 Å². The number of carboxylic acid groups (broad SMARTS) is 1. The molecule has 0 unspecified atom stereocenters. The molecule has 0 atom stereocenters. The minimum Gasteiger partial charge on any atom is -0.475 e. The van der Waals surface area contributed by atoms with Gasteiger partial charge in [0.1, 0.15) is 0 Å². The molecule has 1 aromatic heterocycles. The zero-order valence-corrected chi connectivity index (χ0v) is 7.14. The Labute approximate surface area is 69.4 Å². The van der Waals surface area contributed by atoms with E-state index >= 15 is 0 Å². The molecule has 66 valence electrons. The maximum Gasteiger partial charge on any atom is 0.373 e. The fourth-order valence-electron chi connectivity index (χ4n) is 0.747. The Morgan fingerprint density at radius 3 is 2.42 bits per heavy atom. The van der Waals surface area contributed by atoms with Crippen LogP contribution in [0.3, 0.4) is 0 Å². The van der Waals surface area contributed by atoms with Crippen molar-refractivity contribution in [3.8, 4) is 0 Å². The van der Waals surface area contributed by atoms with Crippen molar-refractivity contribution in [1.29, 1.82) is 0 Å². The highest BCUT2D eigenvalue weighted by molar-refractivity contribution is 5.83. The second-order valence-corrected chi connectivity index (χ2v) is 2.56. The van der Waals surface area contributed by atoms with Gasteiger partial charge in [0.05, 0.1) is 0 Å². The average molecular weight is 170 g/mol. The van der Waals surface area contributed by atoms with Gasteiger partial charge in [-0.1, -0.05) is 0 Å². The van der Waals surface area contributed by atoms with Crippen LogP contribution in [-0.4, -0.2) is 39.9 Å². The highest BCUT2D eigenvalue weighted by atomic mass is 16.4. The van der Waals surface area contributed by atoms with Gasteiger partial charge in [-0.2, -0.15) is 4.98 Å². The molecule has 0 spiro atoms. The van der Waals surface area contributed by atoms with Gasteiger partial charge in [0.2, 0.25) is 11.8 Å². The first kappa shape index (κ1) is 8.51. The van der Waals surface area contributed by atoms with Crippen LogP contribution in [0, 0.1) is 0 Å².